The van der Waals surface area contributed by atoms with Crippen LogP contribution in [0.15, 0.2) is 59.8 Å². The highest BCUT2D eigenvalue weighted by atomic mass is 14.8. The van der Waals surface area contributed by atoms with Crippen molar-refractivity contribution in [3.05, 3.63) is 65.9 Å². The second-order valence-electron chi connectivity index (χ2n) is 4.22. The minimum atomic E-state index is -0.0624. The summed E-state index contributed by atoms with van der Waals surface area (Å²) < 4.78 is 0. The fourth-order valence-corrected chi connectivity index (χ4v) is 2.61. The normalized spacial score (nSPS) is 24.9. The van der Waals surface area contributed by atoms with E-state index in [1.807, 2.05) is 18.4 Å². The molecule has 1 aliphatic heterocycles. The summed E-state index contributed by atoms with van der Waals surface area (Å²) in [5.41, 5.74) is 3.70. The molecule has 1 heterocycles. The molecule has 0 spiro atoms. The van der Waals surface area contributed by atoms with Crippen molar-refractivity contribution in [3.8, 4) is 0 Å². The van der Waals surface area contributed by atoms with Crippen LogP contribution in [-0.2, 0) is 5.41 Å². The molecule has 0 amide bonds. The summed E-state index contributed by atoms with van der Waals surface area (Å²) in [5, 5.41) is 0. The van der Waals surface area contributed by atoms with Crippen LogP contribution in [0.3, 0.4) is 0 Å². The van der Waals surface area contributed by atoms with Gasteiger partial charge in [-0.1, -0.05) is 36.4 Å². The van der Waals surface area contributed by atoms with Gasteiger partial charge in [0.15, 0.2) is 0 Å². The van der Waals surface area contributed by atoms with E-state index >= 15 is 0 Å². The molecule has 0 aromatic heterocycles. The van der Waals surface area contributed by atoms with Gasteiger partial charge in [-0.2, -0.15) is 0 Å². The Labute approximate surface area is 95.5 Å². The molecule has 1 nitrogen and oxygen atoms in total. The van der Waals surface area contributed by atoms with E-state index in [0.29, 0.717) is 0 Å². The Hall–Kier alpha value is -1.89. The van der Waals surface area contributed by atoms with Gasteiger partial charge < -0.3 is 0 Å². The second-order valence-corrected chi connectivity index (χ2v) is 4.22. The van der Waals surface area contributed by atoms with E-state index in [-0.39, 0.29) is 5.41 Å². The number of nitrogens with zero attached hydrogens (tertiary/aromatic N) is 1. The van der Waals surface area contributed by atoms with E-state index in [0.717, 1.165) is 12.1 Å². The zero-order valence-corrected chi connectivity index (χ0v) is 9.06. The number of fused-ring (bicyclic) bond motifs is 3. The van der Waals surface area contributed by atoms with Gasteiger partial charge in [0.1, 0.15) is 0 Å². The molecule has 0 saturated heterocycles. The summed E-state index contributed by atoms with van der Waals surface area (Å²) in [7, 11) is 0. The Balaban J connectivity index is 2.25. The first-order valence-electron chi connectivity index (χ1n) is 5.51. The second kappa shape index (κ2) is 3.31. The molecule has 0 fully saturated rings. The summed E-state index contributed by atoms with van der Waals surface area (Å²) in [6.45, 7) is 3.87. The molecule has 1 aromatic rings. The predicted molar refractivity (Wildman–Crippen MR) is 68.5 cm³/mol. The molecule has 0 bridgehead atoms. The average Bonchev–Trinajstić information content (AvgIpc) is 2.64. The maximum Gasteiger partial charge on any atom is 0.0598 e. The van der Waals surface area contributed by atoms with Crippen LogP contribution in [0.4, 0.5) is 0 Å². The van der Waals surface area contributed by atoms with Gasteiger partial charge in [0.25, 0.3) is 0 Å². The number of dihydropyridines is 1. The van der Waals surface area contributed by atoms with Crippen LogP contribution >= 0.6 is 0 Å². The van der Waals surface area contributed by atoms with E-state index in [1.165, 1.54) is 11.1 Å². The van der Waals surface area contributed by atoms with Crippen molar-refractivity contribution in [2.45, 2.75) is 11.8 Å². The highest BCUT2D eigenvalue weighted by molar-refractivity contribution is 5.82. The third-order valence-corrected chi connectivity index (χ3v) is 3.34. The number of hydrogen-bond acceptors (Lipinski definition) is 1. The van der Waals surface area contributed by atoms with Crippen molar-refractivity contribution < 1.29 is 0 Å². The molecule has 1 atom stereocenters. The average molecular weight is 207 g/mol. The van der Waals surface area contributed by atoms with Gasteiger partial charge in [-0.25, -0.2) is 0 Å². The molecule has 1 aromatic carbocycles. The van der Waals surface area contributed by atoms with Crippen molar-refractivity contribution in [1.82, 2.24) is 0 Å². The van der Waals surface area contributed by atoms with E-state index in [9.17, 15) is 0 Å². The smallest absolute Gasteiger partial charge is 0.0598 e. The zero-order chi connectivity index (χ0) is 11.0. The van der Waals surface area contributed by atoms with Crippen molar-refractivity contribution >= 4 is 12.3 Å². The maximum atomic E-state index is 4.50. The maximum absolute atomic E-state index is 4.50. The molecule has 1 aliphatic carbocycles. The number of benzene rings is 1. The molecule has 16 heavy (non-hydrogen) atoms. The number of rotatable bonds is 2. The lowest BCUT2D eigenvalue weighted by Crippen LogP contribution is -2.24. The van der Waals surface area contributed by atoms with Gasteiger partial charge in [-0.05, 0) is 29.7 Å². The Morgan fingerprint density at radius 2 is 2.19 bits per heavy atom. The minimum absolute atomic E-state index is 0.0624. The lowest BCUT2D eigenvalue weighted by Gasteiger charge is -2.29. The Morgan fingerprint density at radius 3 is 3.06 bits per heavy atom. The number of hydrogen-bond donors (Lipinski definition) is 0. The quantitative estimate of drug-likeness (QED) is 0.658. The highest BCUT2D eigenvalue weighted by Crippen LogP contribution is 2.47. The van der Waals surface area contributed by atoms with Crippen molar-refractivity contribution in [2.24, 2.45) is 4.99 Å². The van der Waals surface area contributed by atoms with Gasteiger partial charge in [0.05, 0.1) is 11.1 Å². The molecular formula is C15H13N. The lowest BCUT2D eigenvalue weighted by atomic mass is 9.76. The van der Waals surface area contributed by atoms with Crippen LogP contribution in [0.25, 0.3) is 6.08 Å². The lowest BCUT2D eigenvalue weighted by molar-refractivity contribution is 0.644. The van der Waals surface area contributed by atoms with Gasteiger partial charge in [0.2, 0.25) is 0 Å². The van der Waals surface area contributed by atoms with Crippen LogP contribution in [0.2, 0.25) is 0 Å². The molecule has 78 valence electrons. The van der Waals surface area contributed by atoms with Gasteiger partial charge >= 0.3 is 0 Å². The molecule has 2 aliphatic rings. The third kappa shape index (κ3) is 1.09. The van der Waals surface area contributed by atoms with Crippen molar-refractivity contribution in [2.75, 3.05) is 0 Å². The summed E-state index contributed by atoms with van der Waals surface area (Å²) in [4.78, 5) is 4.50. The Kier molecular flexibility index (Phi) is 1.93. The minimum Gasteiger partial charge on any atom is -0.260 e. The first-order chi connectivity index (χ1) is 7.87. The van der Waals surface area contributed by atoms with Crippen molar-refractivity contribution in [1.29, 1.82) is 0 Å². The standard InChI is InChI=1S/C15H13N/c1-2-8-15-9-5-10-16-14(15)11-12-6-3-4-7-13(12)15/h2-7,9-11H,1,8H2. The van der Waals surface area contributed by atoms with E-state index in [1.54, 1.807) is 0 Å². The fourth-order valence-electron chi connectivity index (χ4n) is 2.61. The SMILES string of the molecule is C=CCC12C=CC=NC1=Cc1ccccc12. The molecule has 0 radical (unpaired) electrons. The summed E-state index contributed by atoms with van der Waals surface area (Å²) in [6, 6.07) is 8.50. The first kappa shape index (κ1) is 9.34. The Bertz CT molecular complexity index is 534. The fraction of sp³-hybridized carbons (Fsp3) is 0.133. The van der Waals surface area contributed by atoms with Crippen LogP contribution in [0.1, 0.15) is 17.5 Å². The molecular weight excluding hydrogens is 194 g/mol. The van der Waals surface area contributed by atoms with Gasteiger partial charge in [0, 0.05) is 6.21 Å². The monoisotopic (exact) mass is 207 g/mol. The summed E-state index contributed by atoms with van der Waals surface area (Å²) >= 11 is 0. The topological polar surface area (TPSA) is 12.4 Å². The first-order valence-corrected chi connectivity index (χ1v) is 5.51. The van der Waals surface area contributed by atoms with Gasteiger partial charge in [-0.3, -0.25) is 4.99 Å². The van der Waals surface area contributed by atoms with Crippen LogP contribution in [0, 0.1) is 0 Å². The van der Waals surface area contributed by atoms with E-state index in [2.05, 4.69) is 48.0 Å². The van der Waals surface area contributed by atoms with Gasteiger partial charge in [-0.15, -0.1) is 6.58 Å². The number of aliphatic imine (C=N–C) groups is 1. The van der Waals surface area contributed by atoms with Crippen LogP contribution in [0.5, 0.6) is 0 Å². The molecule has 1 unspecified atom stereocenters. The van der Waals surface area contributed by atoms with Crippen LogP contribution < -0.4 is 0 Å². The molecule has 1 heteroatoms. The number of allylic oxidation sites excluding steroid dienone is 3. The predicted octanol–water partition coefficient (Wildman–Crippen LogP) is 3.50. The summed E-state index contributed by atoms with van der Waals surface area (Å²) in [6.07, 6.45) is 11.2. The Morgan fingerprint density at radius 1 is 1.31 bits per heavy atom. The van der Waals surface area contributed by atoms with Crippen molar-refractivity contribution in [3.63, 3.8) is 0 Å². The highest BCUT2D eigenvalue weighted by Gasteiger charge is 2.39. The molecule has 0 saturated carbocycles. The van der Waals surface area contributed by atoms with E-state index < -0.39 is 0 Å². The molecule has 0 N–H and O–H groups in total. The van der Waals surface area contributed by atoms with E-state index in [4.69, 9.17) is 0 Å². The summed E-state index contributed by atoms with van der Waals surface area (Å²) in [5.74, 6) is 0. The molecule has 3 rings (SSSR count). The largest absolute Gasteiger partial charge is 0.260 e. The van der Waals surface area contributed by atoms with Crippen LogP contribution in [-0.4, -0.2) is 6.21 Å². The third-order valence-electron chi connectivity index (χ3n) is 3.34. The zero-order valence-electron chi connectivity index (χ0n) is 9.06.